The van der Waals surface area contributed by atoms with Crippen LogP contribution in [-0.2, 0) is 0 Å². The van der Waals surface area contributed by atoms with E-state index in [9.17, 15) is 0 Å². The highest BCUT2D eigenvalue weighted by molar-refractivity contribution is 7.19. The van der Waals surface area contributed by atoms with Crippen molar-refractivity contribution in [3.63, 3.8) is 0 Å². The van der Waals surface area contributed by atoms with Gasteiger partial charge in [0, 0.05) is 0 Å². The second-order valence-electron chi connectivity index (χ2n) is 2.20. The maximum absolute atomic E-state index is 5.82. The summed E-state index contributed by atoms with van der Waals surface area (Å²) in [7, 11) is 0. The van der Waals surface area contributed by atoms with E-state index in [-0.39, 0.29) is 0 Å². The predicted octanol–water partition coefficient (Wildman–Crippen LogP) is 2.91. The number of nitrogens with zero attached hydrogens (tertiary/aromatic N) is 3. The van der Waals surface area contributed by atoms with E-state index in [1.54, 1.807) is 6.07 Å². The lowest BCUT2D eigenvalue weighted by molar-refractivity contribution is 0.979. The van der Waals surface area contributed by atoms with Crippen molar-refractivity contribution in [2.24, 2.45) is 0 Å². The van der Waals surface area contributed by atoms with E-state index in [0.717, 1.165) is 4.88 Å². The second kappa shape index (κ2) is 3.57. The lowest BCUT2D eigenvalue weighted by Gasteiger charge is -1.95. The largest absolute Gasteiger partial charge is 0.220 e. The molecule has 0 spiro atoms. The van der Waals surface area contributed by atoms with Gasteiger partial charge in [-0.2, -0.15) is 0 Å². The van der Waals surface area contributed by atoms with Gasteiger partial charge in [0.1, 0.15) is 12.0 Å². The number of aromatic nitrogens is 3. The van der Waals surface area contributed by atoms with Crippen LogP contribution in [0, 0.1) is 0 Å². The van der Waals surface area contributed by atoms with Gasteiger partial charge in [0.25, 0.3) is 0 Å². The Balaban J connectivity index is 2.52. The minimum atomic E-state index is 0.341. The maximum Gasteiger partial charge on any atom is 0.159 e. The first kappa shape index (κ1) is 8.87. The van der Waals surface area contributed by atoms with Crippen LogP contribution in [0.3, 0.4) is 0 Å². The van der Waals surface area contributed by atoms with Gasteiger partial charge in [-0.1, -0.05) is 23.2 Å². The molecule has 0 aromatic carbocycles. The fraction of sp³-hybridized carbons (Fsp3) is 0. The lowest BCUT2D eigenvalue weighted by Crippen LogP contribution is -1.88. The molecule has 2 aromatic heterocycles. The van der Waals surface area contributed by atoms with Crippen molar-refractivity contribution < 1.29 is 0 Å². The Kier molecular flexibility index (Phi) is 2.44. The van der Waals surface area contributed by atoms with Crippen molar-refractivity contribution in [1.82, 2.24) is 15.2 Å². The van der Waals surface area contributed by atoms with Gasteiger partial charge >= 0.3 is 0 Å². The van der Waals surface area contributed by atoms with E-state index in [2.05, 4.69) is 15.2 Å². The zero-order chi connectivity index (χ0) is 9.26. The molecular formula is C7H3Cl2N3S. The lowest BCUT2D eigenvalue weighted by atomic mass is 10.4. The Morgan fingerprint density at radius 2 is 2.08 bits per heavy atom. The highest BCUT2D eigenvalue weighted by atomic mass is 35.5. The number of halogens is 2. The molecule has 6 heteroatoms. The molecule has 2 heterocycles. The minimum Gasteiger partial charge on any atom is -0.220 e. The Bertz CT molecular complexity index is 429. The van der Waals surface area contributed by atoms with Crippen LogP contribution in [0.25, 0.3) is 10.6 Å². The van der Waals surface area contributed by atoms with Crippen LogP contribution in [0.4, 0.5) is 0 Å². The molecule has 3 nitrogen and oxygen atoms in total. The average molecular weight is 232 g/mol. The van der Waals surface area contributed by atoms with Gasteiger partial charge in [0.15, 0.2) is 5.15 Å². The normalized spacial score (nSPS) is 10.3. The minimum absolute atomic E-state index is 0.341. The molecule has 66 valence electrons. The fourth-order valence-corrected chi connectivity index (χ4v) is 2.12. The smallest absolute Gasteiger partial charge is 0.159 e. The van der Waals surface area contributed by atoms with E-state index in [0.29, 0.717) is 15.2 Å². The highest BCUT2D eigenvalue weighted by Crippen LogP contribution is 2.32. The van der Waals surface area contributed by atoms with Crippen LogP contribution in [0.15, 0.2) is 18.5 Å². The van der Waals surface area contributed by atoms with Crippen molar-refractivity contribution >= 4 is 34.5 Å². The molecule has 0 saturated carbocycles. The van der Waals surface area contributed by atoms with E-state index in [1.165, 1.54) is 17.7 Å². The van der Waals surface area contributed by atoms with Crippen molar-refractivity contribution in [3.05, 3.63) is 27.9 Å². The molecule has 2 aromatic rings. The molecule has 0 saturated heterocycles. The monoisotopic (exact) mass is 231 g/mol. The van der Waals surface area contributed by atoms with Gasteiger partial charge in [-0.25, -0.2) is 4.98 Å². The third kappa shape index (κ3) is 1.80. The molecule has 0 aliphatic carbocycles. The summed E-state index contributed by atoms with van der Waals surface area (Å²) in [6.45, 7) is 0. The highest BCUT2D eigenvalue weighted by Gasteiger charge is 2.08. The van der Waals surface area contributed by atoms with E-state index in [4.69, 9.17) is 23.2 Å². The van der Waals surface area contributed by atoms with Gasteiger partial charge in [-0.05, 0) is 12.1 Å². The summed E-state index contributed by atoms with van der Waals surface area (Å²) in [5, 5.41) is 7.86. The molecule has 0 unspecified atom stereocenters. The number of hydrogen-bond acceptors (Lipinski definition) is 4. The summed E-state index contributed by atoms with van der Waals surface area (Å²) >= 11 is 13.0. The Labute approximate surface area is 88.4 Å². The first-order valence-electron chi connectivity index (χ1n) is 3.36. The van der Waals surface area contributed by atoms with Gasteiger partial charge < -0.3 is 0 Å². The quantitative estimate of drug-likeness (QED) is 0.758. The summed E-state index contributed by atoms with van der Waals surface area (Å²) in [6, 6.07) is 3.62. The van der Waals surface area contributed by atoms with Crippen LogP contribution in [0.1, 0.15) is 0 Å². The van der Waals surface area contributed by atoms with E-state index < -0.39 is 0 Å². The fourth-order valence-electron chi connectivity index (χ4n) is 0.855. The Morgan fingerprint density at radius 3 is 2.69 bits per heavy atom. The summed E-state index contributed by atoms with van der Waals surface area (Å²) in [4.78, 5) is 4.69. The van der Waals surface area contributed by atoms with E-state index in [1.807, 2.05) is 6.07 Å². The zero-order valence-corrected chi connectivity index (χ0v) is 8.57. The zero-order valence-electron chi connectivity index (χ0n) is 6.24. The SMILES string of the molecule is Clc1ccc(-c2nncnc2Cl)s1. The molecule has 0 radical (unpaired) electrons. The Morgan fingerprint density at radius 1 is 1.23 bits per heavy atom. The van der Waals surface area contributed by atoms with Crippen molar-refractivity contribution in [1.29, 1.82) is 0 Å². The second-order valence-corrected chi connectivity index (χ2v) is 4.28. The maximum atomic E-state index is 5.82. The number of hydrogen-bond donors (Lipinski definition) is 0. The first-order valence-corrected chi connectivity index (χ1v) is 4.93. The molecule has 0 atom stereocenters. The molecule has 0 N–H and O–H groups in total. The van der Waals surface area contributed by atoms with Crippen LogP contribution in [-0.4, -0.2) is 15.2 Å². The van der Waals surface area contributed by atoms with Crippen LogP contribution in [0.5, 0.6) is 0 Å². The predicted molar refractivity (Wildman–Crippen MR) is 53.2 cm³/mol. The van der Waals surface area contributed by atoms with Gasteiger partial charge in [0.2, 0.25) is 0 Å². The standard InChI is InChI=1S/C7H3Cl2N3S/c8-5-2-1-4(13-5)6-7(9)10-3-11-12-6/h1-3H. The Hall–Kier alpha value is -0.710. The van der Waals surface area contributed by atoms with E-state index >= 15 is 0 Å². The molecule has 13 heavy (non-hydrogen) atoms. The van der Waals surface area contributed by atoms with Crippen molar-refractivity contribution in [2.75, 3.05) is 0 Å². The topological polar surface area (TPSA) is 38.7 Å². The average Bonchev–Trinajstić information content (AvgIpc) is 2.53. The molecule has 0 aliphatic rings. The van der Waals surface area contributed by atoms with Crippen LogP contribution >= 0.6 is 34.5 Å². The van der Waals surface area contributed by atoms with Gasteiger partial charge in [-0.3, -0.25) is 0 Å². The van der Waals surface area contributed by atoms with Crippen molar-refractivity contribution in [2.45, 2.75) is 0 Å². The summed E-state index contributed by atoms with van der Waals surface area (Å²) in [6.07, 6.45) is 1.31. The first-order chi connectivity index (χ1) is 6.27. The molecule has 0 aliphatic heterocycles. The van der Waals surface area contributed by atoms with Crippen LogP contribution < -0.4 is 0 Å². The number of rotatable bonds is 1. The summed E-state index contributed by atoms with van der Waals surface area (Å²) in [5.41, 5.74) is 0.570. The van der Waals surface area contributed by atoms with Gasteiger partial charge in [0.05, 0.1) is 9.21 Å². The third-order valence-electron chi connectivity index (χ3n) is 1.38. The van der Waals surface area contributed by atoms with Gasteiger partial charge in [-0.15, -0.1) is 21.5 Å². The van der Waals surface area contributed by atoms with Crippen LogP contribution in [0.2, 0.25) is 9.49 Å². The third-order valence-corrected chi connectivity index (χ3v) is 2.90. The number of thiophene rings is 1. The molecule has 2 rings (SSSR count). The summed E-state index contributed by atoms with van der Waals surface area (Å²) in [5.74, 6) is 0. The van der Waals surface area contributed by atoms with Crippen molar-refractivity contribution in [3.8, 4) is 10.6 Å². The molecule has 0 amide bonds. The molecular weight excluding hydrogens is 229 g/mol. The summed E-state index contributed by atoms with van der Waals surface area (Å²) < 4.78 is 0.691. The molecule has 0 bridgehead atoms. The molecule has 0 fully saturated rings.